The molecule has 4 heteroatoms. The van der Waals surface area contributed by atoms with E-state index in [-0.39, 0.29) is 0 Å². The Morgan fingerprint density at radius 3 is 1.92 bits per heavy atom. The highest BCUT2D eigenvalue weighted by atomic mass is 16.7. The van der Waals surface area contributed by atoms with Crippen LogP contribution in [-0.4, -0.2) is 28.4 Å². The maximum absolute atomic E-state index is 5.94. The van der Waals surface area contributed by atoms with Crippen molar-refractivity contribution in [1.82, 2.24) is 0 Å². The van der Waals surface area contributed by atoms with E-state index in [1.807, 2.05) is 36.4 Å². The van der Waals surface area contributed by atoms with Gasteiger partial charge >= 0.3 is 0 Å². The summed E-state index contributed by atoms with van der Waals surface area (Å²) in [6.07, 6.45) is -0.504. The molecule has 0 N–H and O–H groups in total. The Morgan fingerprint density at radius 1 is 0.750 bits per heavy atom. The molecule has 0 bridgehead atoms. The van der Waals surface area contributed by atoms with E-state index < -0.39 is 12.1 Å². The summed E-state index contributed by atoms with van der Waals surface area (Å²) >= 11 is 0. The topological polar surface area (TPSA) is 36.9 Å². The second-order valence-electron chi connectivity index (χ2n) is 5.66. The van der Waals surface area contributed by atoms with Gasteiger partial charge in [0.2, 0.25) is 5.79 Å². The van der Waals surface area contributed by atoms with Gasteiger partial charge in [-0.15, -0.1) is 0 Å². The smallest absolute Gasteiger partial charge is 0.222 e. The quantitative estimate of drug-likeness (QED) is 0.717. The van der Waals surface area contributed by atoms with Crippen molar-refractivity contribution in [1.29, 1.82) is 0 Å². The van der Waals surface area contributed by atoms with Crippen LogP contribution in [0.1, 0.15) is 34.1 Å². The lowest BCUT2D eigenvalue weighted by Gasteiger charge is -2.35. The number of ether oxygens (including phenoxy) is 4. The van der Waals surface area contributed by atoms with Crippen LogP contribution in [0.3, 0.4) is 0 Å². The van der Waals surface area contributed by atoms with Crippen molar-refractivity contribution < 1.29 is 18.9 Å². The van der Waals surface area contributed by atoms with E-state index in [1.165, 1.54) is 5.56 Å². The van der Waals surface area contributed by atoms with Crippen LogP contribution >= 0.6 is 0 Å². The standard InChI is InChI=1S/C20H26O4/c1-14-10-9-13-17(15(14)2)20(23-5,24-6)18-12-8-7-11-16(18)19(21-3)22-4/h7-13,19H,1-6H3. The summed E-state index contributed by atoms with van der Waals surface area (Å²) in [6.45, 7) is 4.15. The molecule has 0 unspecified atom stereocenters. The Morgan fingerprint density at radius 2 is 1.33 bits per heavy atom. The van der Waals surface area contributed by atoms with Gasteiger partial charge in [-0.2, -0.15) is 0 Å². The van der Waals surface area contributed by atoms with Crippen LogP contribution < -0.4 is 0 Å². The molecule has 0 saturated heterocycles. The lowest BCUT2D eigenvalue weighted by atomic mass is 9.88. The summed E-state index contributed by atoms with van der Waals surface area (Å²) in [4.78, 5) is 0. The molecule has 24 heavy (non-hydrogen) atoms. The molecule has 130 valence electrons. The van der Waals surface area contributed by atoms with E-state index in [1.54, 1.807) is 28.4 Å². The van der Waals surface area contributed by atoms with Gasteiger partial charge < -0.3 is 18.9 Å². The van der Waals surface area contributed by atoms with Crippen LogP contribution in [0.5, 0.6) is 0 Å². The predicted molar refractivity (Wildman–Crippen MR) is 93.9 cm³/mol. The fraction of sp³-hybridized carbons (Fsp3) is 0.400. The normalized spacial score (nSPS) is 12.0. The zero-order valence-electron chi connectivity index (χ0n) is 15.3. The molecule has 2 aromatic carbocycles. The first-order valence-corrected chi connectivity index (χ1v) is 7.87. The maximum atomic E-state index is 5.94. The van der Waals surface area contributed by atoms with Crippen molar-refractivity contribution in [2.24, 2.45) is 0 Å². The summed E-state index contributed by atoms with van der Waals surface area (Å²) in [5, 5.41) is 0. The molecule has 0 heterocycles. The molecule has 0 saturated carbocycles. The average Bonchev–Trinajstić information content (AvgIpc) is 2.62. The molecule has 0 aliphatic heterocycles. The zero-order chi connectivity index (χ0) is 17.7. The number of rotatable bonds is 7. The van der Waals surface area contributed by atoms with Crippen molar-refractivity contribution in [3.8, 4) is 0 Å². The minimum atomic E-state index is -1.04. The minimum absolute atomic E-state index is 0.504. The third kappa shape index (κ3) is 3.10. The number of hydrogen-bond donors (Lipinski definition) is 0. The van der Waals surface area contributed by atoms with Crippen LogP contribution in [0, 0.1) is 13.8 Å². The molecule has 0 aliphatic rings. The summed E-state index contributed by atoms with van der Waals surface area (Å²) in [6, 6.07) is 14.0. The highest BCUT2D eigenvalue weighted by Crippen LogP contribution is 2.40. The van der Waals surface area contributed by atoms with E-state index in [0.717, 1.165) is 22.3 Å². The molecule has 2 rings (SSSR count). The average molecular weight is 330 g/mol. The van der Waals surface area contributed by atoms with Crippen LogP contribution in [0.4, 0.5) is 0 Å². The first-order valence-electron chi connectivity index (χ1n) is 7.87. The fourth-order valence-corrected chi connectivity index (χ4v) is 3.13. The molecular weight excluding hydrogens is 304 g/mol. The highest BCUT2D eigenvalue weighted by Gasteiger charge is 2.39. The van der Waals surface area contributed by atoms with Gasteiger partial charge in [0, 0.05) is 45.1 Å². The molecule has 2 aromatic rings. The molecule has 0 atom stereocenters. The Kier molecular flexibility index (Phi) is 6.13. The first kappa shape index (κ1) is 18.6. The van der Waals surface area contributed by atoms with E-state index >= 15 is 0 Å². The van der Waals surface area contributed by atoms with Crippen molar-refractivity contribution in [3.63, 3.8) is 0 Å². The number of methoxy groups -OCH3 is 4. The van der Waals surface area contributed by atoms with Gasteiger partial charge in [-0.3, -0.25) is 0 Å². The Labute approximate surface area is 144 Å². The molecule has 0 spiro atoms. The van der Waals surface area contributed by atoms with Crippen LogP contribution in [-0.2, 0) is 24.7 Å². The molecule has 0 amide bonds. The van der Waals surface area contributed by atoms with Gasteiger partial charge in [0.1, 0.15) is 0 Å². The van der Waals surface area contributed by atoms with E-state index in [2.05, 4.69) is 19.9 Å². The van der Waals surface area contributed by atoms with Crippen molar-refractivity contribution in [3.05, 3.63) is 70.3 Å². The Hall–Kier alpha value is -1.72. The van der Waals surface area contributed by atoms with Gasteiger partial charge in [-0.1, -0.05) is 42.5 Å². The monoisotopic (exact) mass is 330 g/mol. The molecule has 0 radical (unpaired) electrons. The minimum Gasteiger partial charge on any atom is -0.352 e. The summed E-state index contributed by atoms with van der Waals surface area (Å²) < 4.78 is 22.8. The maximum Gasteiger partial charge on any atom is 0.222 e. The number of aryl methyl sites for hydroxylation is 1. The third-order valence-corrected chi connectivity index (χ3v) is 4.53. The first-order chi connectivity index (χ1) is 11.6. The lowest BCUT2D eigenvalue weighted by molar-refractivity contribution is -0.188. The molecule has 0 aromatic heterocycles. The SMILES string of the molecule is COC(OC)c1ccccc1C(OC)(OC)c1cccc(C)c1C. The molecule has 0 aliphatic carbocycles. The number of benzene rings is 2. The van der Waals surface area contributed by atoms with Gasteiger partial charge in [-0.25, -0.2) is 0 Å². The van der Waals surface area contributed by atoms with E-state index in [9.17, 15) is 0 Å². The van der Waals surface area contributed by atoms with Crippen molar-refractivity contribution >= 4 is 0 Å². The highest BCUT2D eigenvalue weighted by molar-refractivity contribution is 5.45. The lowest BCUT2D eigenvalue weighted by Crippen LogP contribution is -2.35. The summed E-state index contributed by atoms with van der Waals surface area (Å²) in [7, 11) is 6.53. The predicted octanol–water partition coefficient (Wildman–Crippen LogP) is 4.09. The summed E-state index contributed by atoms with van der Waals surface area (Å²) in [5.41, 5.74) is 5.00. The zero-order valence-corrected chi connectivity index (χ0v) is 15.3. The fourth-order valence-electron chi connectivity index (χ4n) is 3.13. The van der Waals surface area contributed by atoms with Gasteiger partial charge in [0.25, 0.3) is 0 Å². The van der Waals surface area contributed by atoms with E-state index in [0.29, 0.717) is 0 Å². The molecule has 4 nitrogen and oxygen atoms in total. The Bertz CT molecular complexity index is 673. The molecule has 0 fully saturated rings. The number of hydrogen-bond acceptors (Lipinski definition) is 4. The summed E-state index contributed by atoms with van der Waals surface area (Å²) in [5.74, 6) is -1.04. The van der Waals surface area contributed by atoms with Crippen LogP contribution in [0.15, 0.2) is 42.5 Å². The van der Waals surface area contributed by atoms with Crippen molar-refractivity contribution in [2.75, 3.05) is 28.4 Å². The van der Waals surface area contributed by atoms with Gasteiger partial charge in [0.15, 0.2) is 6.29 Å². The largest absolute Gasteiger partial charge is 0.352 e. The van der Waals surface area contributed by atoms with Gasteiger partial charge in [-0.05, 0) is 25.0 Å². The van der Waals surface area contributed by atoms with Gasteiger partial charge in [0.05, 0.1) is 0 Å². The van der Waals surface area contributed by atoms with Crippen molar-refractivity contribution in [2.45, 2.75) is 25.9 Å². The van der Waals surface area contributed by atoms with Crippen LogP contribution in [0.25, 0.3) is 0 Å². The third-order valence-electron chi connectivity index (χ3n) is 4.53. The Balaban J connectivity index is 2.75. The molecular formula is C20H26O4. The van der Waals surface area contributed by atoms with E-state index in [4.69, 9.17) is 18.9 Å². The van der Waals surface area contributed by atoms with Crippen LogP contribution in [0.2, 0.25) is 0 Å². The second kappa shape index (κ2) is 7.90. The second-order valence-corrected chi connectivity index (χ2v) is 5.66.